The number of carbonyl (C=O) groups excluding carboxylic acids is 1. The number of alkyl halides is 3. The molecular formula is C17H16F3NO3. The van der Waals surface area contributed by atoms with E-state index in [9.17, 15) is 23.1 Å². The van der Waals surface area contributed by atoms with Gasteiger partial charge < -0.3 is 15.2 Å². The van der Waals surface area contributed by atoms with Crippen LogP contribution in [0.2, 0.25) is 0 Å². The second-order valence-corrected chi connectivity index (χ2v) is 5.39. The zero-order valence-corrected chi connectivity index (χ0v) is 12.8. The van der Waals surface area contributed by atoms with Crippen LogP contribution < -0.4 is 10.1 Å². The van der Waals surface area contributed by atoms with Crippen LogP contribution in [0.4, 0.5) is 13.2 Å². The summed E-state index contributed by atoms with van der Waals surface area (Å²) in [6.45, 7) is 1.51. The largest absolute Gasteiger partial charge is 0.573 e. The fourth-order valence-corrected chi connectivity index (χ4v) is 2.06. The van der Waals surface area contributed by atoms with Gasteiger partial charge in [0.25, 0.3) is 5.91 Å². The topological polar surface area (TPSA) is 58.6 Å². The molecule has 2 aromatic carbocycles. The Bertz CT molecular complexity index is 682. The average molecular weight is 339 g/mol. The summed E-state index contributed by atoms with van der Waals surface area (Å²) in [6, 6.07) is 13.3. The number of ether oxygens (including phenoxy) is 1. The molecule has 7 heteroatoms. The third-order valence-electron chi connectivity index (χ3n) is 3.34. The lowest BCUT2D eigenvalue weighted by atomic mass is 9.96. The molecule has 4 nitrogen and oxygen atoms in total. The summed E-state index contributed by atoms with van der Waals surface area (Å²) in [6.07, 6.45) is -4.78. The first-order valence-electron chi connectivity index (χ1n) is 7.09. The minimum absolute atomic E-state index is 0.0450. The summed E-state index contributed by atoms with van der Waals surface area (Å²) >= 11 is 0. The lowest BCUT2D eigenvalue weighted by Gasteiger charge is -2.24. The molecule has 2 aromatic rings. The van der Waals surface area contributed by atoms with Crippen LogP contribution in [0.3, 0.4) is 0 Å². The molecule has 2 rings (SSSR count). The van der Waals surface area contributed by atoms with Gasteiger partial charge in [-0.3, -0.25) is 4.79 Å². The number of rotatable bonds is 5. The standard InChI is InChI=1S/C17H16F3NO3/c1-16(23,13-5-3-2-4-6-13)11-21-15(22)12-7-9-14(10-8-12)24-17(18,19)20/h2-10,23H,11H2,1H3,(H,21,22)/t16-/m1/s1. The Kier molecular flexibility index (Phi) is 5.14. The second kappa shape index (κ2) is 6.92. The van der Waals surface area contributed by atoms with Gasteiger partial charge >= 0.3 is 6.36 Å². The highest BCUT2D eigenvalue weighted by atomic mass is 19.4. The number of hydrogen-bond acceptors (Lipinski definition) is 3. The van der Waals surface area contributed by atoms with Crippen LogP contribution in [0.1, 0.15) is 22.8 Å². The Labute approximate surface area is 136 Å². The third kappa shape index (κ3) is 4.99. The predicted octanol–water partition coefficient (Wildman–Crippen LogP) is 3.22. The van der Waals surface area contributed by atoms with Gasteiger partial charge in [0, 0.05) is 5.56 Å². The Morgan fingerprint density at radius 3 is 2.21 bits per heavy atom. The van der Waals surface area contributed by atoms with Crippen LogP contribution >= 0.6 is 0 Å². The van der Waals surface area contributed by atoms with Gasteiger partial charge in [0.05, 0.1) is 6.54 Å². The molecule has 2 N–H and O–H groups in total. The van der Waals surface area contributed by atoms with Crippen molar-refractivity contribution in [3.05, 3.63) is 65.7 Å². The van der Waals surface area contributed by atoms with Crippen molar-refractivity contribution in [3.63, 3.8) is 0 Å². The van der Waals surface area contributed by atoms with Crippen molar-refractivity contribution in [2.75, 3.05) is 6.54 Å². The molecule has 0 aliphatic rings. The summed E-state index contributed by atoms with van der Waals surface area (Å²) in [4.78, 5) is 12.0. The van der Waals surface area contributed by atoms with Crippen molar-refractivity contribution in [1.82, 2.24) is 5.32 Å². The minimum atomic E-state index is -4.78. The van der Waals surface area contributed by atoms with Crippen LogP contribution in [0.15, 0.2) is 54.6 Å². The second-order valence-electron chi connectivity index (χ2n) is 5.39. The van der Waals surface area contributed by atoms with Crippen LogP contribution in [0.5, 0.6) is 5.75 Å². The highest BCUT2D eigenvalue weighted by molar-refractivity contribution is 5.94. The van der Waals surface area contributed by atoms with Crippen LogP contribution in [0, 0.1) is 0 Å². The van der Waals surface area contributed by atoms with E-state index in [0.717, 1.165) is 12.1 Å². The first kappa shape index (κ1) is 17.8. The van der Waals surface area contributed by atoms with Crippen molar-refractivity contribution in [2.45, 2.75) is 18.9 Å². The molecule has 0 bridgehead atoms. The van der Waals surface area contributed by atoms with Gasteiger partial charge in [-0.2, -0.15) is 0 Å². The maximum atomic E-state index is 12.1. The number of benzene rings is 2. The molecule has 0 aromatic heterocycles. The van der Waals surface area contributed by atoms with E-state index >= 15 is 0 Å². The molecule has 0 radical (unpaired) electrons. The SMILES string of the molecule is C[C@@](O)(CNC(=O)c1ccc(OC(F)(F)F)cc1)c1ccccc1. The summed E-state index contributed by atoms with van der Waals surface area (Å²) in [5, 5.41) is 12.9. The van der Waals surface area contributed by atoms with Gasteiger partial charge in [-0.15, -0.1) is 13.2 Å². The number of amides is 1. The first-order valence-corrected chi connectivity index (χ1v) is 7.09. The van der Waals surface area contributed by atoms with Gasteiger partial charge in [-0.1, -0.05) is 30.3 Å². The Balaban J connectivity index is 1.97. The van der Waals surface area contributed by atoms with E-state index < -0.39 is 23.6 Å². The summed E-state index contributed by atoms with van der Waals surface area (Å²) < 4.78 is 40.0. The fraction of sp³-hybridized carbons (Fsp3) is 0.235. The predicted molar refractivity (Wildman–Crippen MR) is 81.5 cm³/mol. The molecule has 0 spiro atoms. The molecule has 0 saturated heterocycles. The molecule has 0 unspecified atom stereocenters. The smallest absolute Gasteiger partial charge is 0.406 e. The Morgan fingerprint density at radius 1 is 1.08 bits per heavy atom. The van der Waals surface area contributed by atoms with Crippen molar-refractivity contribution in [3.8, 4) is 5.75 Å². The summed E-state index contributed by atoms with van der Waals surface area (Å²) in [5.74, 6) is -0.917. The van der Waals surface area contributed by atoms with Gasteiger partial charge in [0.1, 0.15) is 11.4 Å². The summed E-state index contributed by atoms with van der Waals surface area (Å²) in [5.41, 5.74) is -0.469. The van der Waals surface area contributed by atoms with Crippen LogP contribution in [-0.4, -0.2) is 23.9 Å². The fourth-order valence-electron chi connectivity index (χ4n) is 2.06. The van der Waals surface area contributed by atoms with Crippen molar-refractivity contribution in [1.29, 1.82) is 0 Å². The monoisotopic (exact) mass is 339 g/mol. The zero-order chi connectivity index (χ0) is 17.8. The highest BCUT2D eigenvalue weighted by Gasteiger charge is 2.31. The molecular weight excluding hydrogens is 323 g/mol. The normalized spacial score (nSPS) is 13.9. The molecule has 0 aliphatic heterocycles. The van der Waals surface area contributed by atoms with Gasteiger partial charge in [0.15, 0.2) is 0 Å². The van der Waals surface area contributed by atoms with Gasteiger partial charge in [0.2, 0.25) is 0 Å². The molecule has 0 heterocycles. The third-order valence-corrected chi connectivity index (χ3v) is 3.34. The van der Waals surface area contributed by atoms with Gasteiger partial charge in [-0.25, -0.2) is 0 Å². The Morgan fingerprint density at radius 2 is 1.67 bits per heavy atom. The number of aliphatic hydroxyl groups is 1. The van der Waals surface area contributed by atoms with E-state index in [1.165, 1.54) is 12.1 Å². The quantitative estimate of drug-likeness (QED) is 0.879. The lowest BCUT2D eigenvalue weighted by molar-refractivity contribution is -0.274. The van der Waals surface area contributed by atoms with Crippen molar-refractivity contribution in [2.24, 2.45) is 0 Å². The molecule has 1 atom stereocenters. The average Bonchev–Trinajstić information content (AvgIpc) is 2.53. The van der Waals surface area contributed by atoms with E-state index in [-0.39, 0.29) is 12.1 Å². The van der Waals surface area contributed by atoms with Crippen LogP contribution in [0.25, 0.3) is 0 Å². The molecule has 128 valence electrons. The maximum Gasteiger partial charge on any atom is 0.573 e. The lowest BCUT2D eigenvalue weighted by Crippen LogP contribution is -2.38. The van der Waals surface area contributed by atoms with E-state index in [1.54, 1.807) is 31.2 Å². The number of hydrogen-bond donors (Lipinski definition) is 2. The van der Waals surface area contributed by atoms with E-state index in [4.69, 9.17) is 0 Å². The number of carbonyl (C=O) groups is 1. The van der Waals surface area contributed by atoms with E-state index in [2.05, 4.69) is 10.1 Å². The molecule has 0 aliphatic carbocycles. The number of nitrogens with one attached hydrogen (secondary N) is 1. The van der Waals surface area contributed by atoms with E-state index in [1.807, 2.05) is 6.07 Å². The summed E-state index contributed by atoms with van der Waals surface area (Å²) in [7, 11) is 0. The van der Waals surface area contributed by atoms with Crippen LogP contribution in [-0.2, 0) is 5.60 Å². The zero-order valence-electron chi connectivity index (χ0n) is 12.8. The Hall–Kier alpha value is -2.54. The highest BCUT2D eigenvalue weighted by Crippen LogP contribution is 2.23. The molecule has 24 heavy (non-hydrogen) atoms. The molecule has 0 saturated carbocycles. The van der Waals surface area contributed by atoms with Crippen molar-refractivity contribution < 1.29 is 27.8 Å². The first-order chi connectivity index (χ1) is 11.2. The van der Waals surface area contributed by atoms with Crippen molar-refractivity contribution >= 4 is 5.91 Å². The molecule has 0 fully saturated rings. The van der Waals surface area contributed by atoms with E-state index in [0.29, 0.717) is 5.56 Å². The van der Waals surface area contributed by atoms with Gasteiger partial charge in [-0.05, 0) is 36.8 Å². The molecule has 1 amide bonds. The number of halogens is 3. The maximum absolute atomic E-state index is 12.1. The minimum Gasteiger partial charge on any atom is -0.406 e.